The summed E-state index contributed by atoms with van der Waals surface area (Å²) in [7, 11) is 0. The average Bonchev–Trinajstić information content (AvgIpc) is 2.52. The van der Waals surface area contributed by atoms with Crippen molar-refractivity contribution in [3.63, 3.8) is 0 Å². The maximum Gasteiger partial charge on any atom is 0.265 e. The SMILES string of the molecule is Cc1cc(C)c(C)c(O[C@H](C)C(=O)Nc2ccccc2C#N)c1. The number of rotatable bonds is 4. The number of amides is 1. The zero-order valence-electron chi connectivity index (χ0n) is 13.8. The Labute approximate surface area is 136 Å². The molecule has 0 spiro atoms. The normalized spacial score (nSPS) is 11.4. The Morgan fingerprint density at radius 1 is 1.22 bits per heavy atom. The number of anilines is 1. The molecular formula is C19H20N2O2. The van der Waals surface area contributed by atoms with E-state index in [0.717, 1.165) is 16.7 Å². The molecule has 0 heterocycles. The van der Waals surface area contributed by atoms with E-state index >= 15 is 0 Å². The molecule has 4 heteroatoms. The highest BCUT2D eigenvalue weighted by Gasteiger charge is 2.17. The zero-order chi connectivity index (χ0) is 17.0. The van der Waals surface area contributed by atoms with Crippen molar-refractivity contribution < 1.29 is 9.53 Å². The van der Waals surface area contributed by atoms with Crippen LogP contribution in [0.25, 0.3) is 0 Å². The van der Waals surface area contributed by atoms with Gasteiger partial charge in [-0.1, -0.05) is 18.2 Å². The molecule has 0 aliphatic carbocycles. The van der Waals surface area contributed by atoms with Crippen molar-refractivity contribution in [3.8, 4) is 11.8 Å². The molecule has 0 saturated carbocycles. The van der Waals surface area contributed by atoms with E-state index in [1.165, 1.54) is 0 Å². The van der Waals surface area contributed by atoms with E-state index in [-0.39, 0.29) is 5.91 Å². The van der Waals surface area contributed by atoms with Crippen molar-refractivity contribution in [1.29, 1.82) is 5.26 Å². The molecule has 0 radical (unpaired) electrons. The van der Waals surface area contributed by atoms with Crippen LogP contribution in [-0.4, -0.2) is 12.0 Å². The first-order chi connectivity index (χ1) is 10.9. The lowest BCUT2D eigenvalue weighted by Crippen LogP contribution is -2.30. The number of benzene rings is 2. The summed E-state index contributed by atoms with van der Waals surface area (Å²) in [6.45, 7) is 7.68. The maximum atomic E-state index is 12.3. The Bertz CT molecular complexity index is 775. The number of hydrogen-bond donors (Lipinski definition) is 1. The molecule has 0 aliphatic rings. The lowest BCUT2D eigenvalue weighted by Gasteiger charge is -2.18. The van der Waals surface area contributed by atoms with Gasteiger partial charge in [-0.05, 0) is 62.6 Å². The lowest BCUT2D eigenvalue weighted by atomic mass is 10.1. The second-order valence-electron chi connectivity index (χ2n) is 5.61. The fourth-order valence-electron chi connectivity index (χ4n) is 2.29. The summed E-state index contributed by atoms with van der Waals surface area (Å²) < 4.78 is 5.82. The minimum Gasteiger partial charge on any atom is -0.481 e. The van der Waals surface area contributed by atoms with Gasteiger partial charge in [-0.15, -0.1) is 0 Å². The number of carbonyl (C=O) groups excluding carboxylic acids is 1. The van der Waals surface area contributed by atoms with Gasteiger partial charge in [-0.25, -0.2) is 0 Å². The average molecular weight is 308 g/mol. The first-order valence-electron chi connectivity index (χ1n) is 7.47. The van der Waals surface area contributed by atoms with E-state index in [4.69, 9.17) is 10.00 Å². The third-order valence-corrected chi connectivity index (χ3v) is 3.74. The summed E-state index contributed by atoms with van der Waals surface area (Å²) in [6.07, 6.45) is -0.665. The molecule has 2 aromatic rings. The van der Waals surface area contributed by atoms with Crippen molar-refractivity contribution in [1.82, 2.24) is 0 Å². The summed E-state index contributed by atoms with van der Waals surface area (Å²) in [5.41, 5.74) is 4.16. The fraction of sp³-hybridized carbons (Fsp3) is 0.263. The Kier molecular flexibility index (Phi) is 5.02. The fourth-order valence-corrected chi connectivity index (χ4v) is 2.29. The van der Waals surface area contributed by atoms with E-state index in [1.807, 2.05) is 26.8 Å². The molecule has 4 nitrogen and oxygen atoms in total. The van der Waals surface area contributed by atoms with Gasteiger partial charge in [0.25, 0.3) is 5.91 Å². The van der Waals surface area contributed by atoms with Gasteiger partial charge in [0, 0.05) is 0 Å². The summed E-state index contributed by atoms with van der Waals surface area (Å²) in [6, 6.07) is 13.0. The summed E-state index contributed by atoms with van der Waals surface area (Å²) >= 11 is 0. The molecular weight excluding hydrogens is 288 g/mol. The van der Waals surface area contributed by atoms with Gasteiger partial charge in [0.15, 0.2) is 6.10 Å². The van der Waals surface area contributed by atoms with Gasteiger partial charge in [-0.3, -0.25) is 4.79 Å². The molecule has 0 unspecified atom stereocenters. The van der Waals surface area contributed by atoms with E-state index < -0.39 is 6.10 Å². The van der Waals surface area contributed by atoms with Crippen LogP contribution in [0, 0.1) is 32.1 Å². The van der Waals surface area contributed by atoms with Crippen LogP contribution in [-0.2, 0) is 4.79 Å². The third-order valence-electron chi connectivity index (χ3n) is 3.74. The minimum atomic E-state index is -0.665. The lowest BCUT2D eigenvalue weighted by molar-refractivity contribution is -0.122. The maximum absolute atomic E-state index is 12.3. The Balaban J connectivity index is 2.14. The van der Waals surface area contributed by atoms with Crippen LogP contribution in [0.3, 0.4) is 0 Å². The van der Waals surface area contributed by atoms with Crippen LogP contribution >= 0.6 is 0 Å². The van der Waals surface area contributed by atoms with Crippen LogP contribution < -0.4 is 10.1 Å². The van der Waals surface area contributed by atoms with Crippen molar-refractivity contribution >= 4 is 11.6 Å². The molecule has 23 heavy (non-hydrogen) atoms. The Morgan fingerprint density at radius 2 is 1.91 bits per heavy atom. The number of ether oxygens (including phenoxy) is 1. The summed E-state index contributed by atoms with van der Waals surface area (Å²) in [4.78, 5) is 12.3. The van der Waals surface area contributed by atoms with Gasteiger partial charge in [-0.2, -0.15) is 5.26 Å². The van der Waals surface area contributed by atoms with Crippen molar-refractivity contribution in [2.45, 2.75) is 33.8 Å². The molecule has 118 valence electrons. The van der Waals surface area contributed by atoms with Gasteiger partial charge >= 0.3 is 0 Å². The standard InChI is InChI=1S/C19H20N2O2/c1-12-9-13(2)14(3)18(10-12)23-15(4)19(22)21-17-8-6-5-7-16(17)11-20/h5-10,15H,1-4H3,(H,21,22)/t15-/m1/s1. The van der Waals surface area contributed by atoms with Crippen molar-refractivity contribution in [2.24, 2.45) is 0 Å². The smallest absolute Gasteiger partial charge is 0.265 e. The van der Waals surface area contributed by atoms with E-state index in [1.54, 1.807) is 31.2 Å². The van der Waals surface area contributed by atoms with Crippen LogP contribution in [0.4, 0.5) is 5.69 Å². The van der Waals surface area contributed by atoms with Crippen molar-refractivity contribution in [3.05, 3.63) is 58.7 Å². The van der Waals surface area contributed by atoms with Crippen molar-refractivity contribution in [2.75, 3.05) is 5.32 Å². The van der Waals surface area contributed by atoms with E-state index in [0.29, 0.717) is 17.0 Å². The summed E-state index contributed by atoms with van der Waals surface area (Å²) in [5.74, 6) is 0.421. The molecule has 2 rings (SSSR count). The Morgan fingerprint density at radius 3 is 2.61 bits per heavy atom. The quantitative estimate of drug-likeness (QED) is 0.932. The molecule has 0 bridgehead atoms. The zero-order valence-corrected chi connectivity index (χ0v) is 13.8. The monoisotopic (exact) mass is 308 g/mol. The first-order valence-corrected chi connectivity index (χ1v) is 7.47. The molecule has 2 aromatic carbocycles. The van der Waals surface area contributed by atoms with E-state index in [9.17, 15) is 4.79 Å². The number of nitrogens with zero attached hydrogens (tertiary/aromatic N) is 1. The molecule has 1 amide bonds. The number of hydrogen-bond acceptors (Lipinski definition) is 3. The predicted molar refractivity (Wildman–Crippen MR) is 90.5 cm³/mol. The van der Waals surface area contributed by atoms with Crippen LogP contribution in [0.5, 0.6) is 5.75 Å². The van der Waals surface area contributed by atoms with Gasteiger partial charge in [0.1, 0.15) is 11.8 Å². The first kappa shape index (κ1) is 16.6. The molecule has 1 atom stereocenters. The van der Waals surface area contributed by atoms with Crippen LogP contribution in [0.1, 0.15) is 29.2 Å². The largest absolute Gasteiger partial charge is 0.481 e. The molecule has 0 fully saturated rings. The van der Waals surface area contributed by atoms with Gasteiger partial charge in [0.2, 0.25) is 0 Å². The van der Waals surface area contributed by atoms with Crippen LogP contribution in [0.15, 0.2) is 36.4 Å². The number of carbonyl (C=O) groups is 1. The highest BCUT2D eigenvalue weighted by Crippen LogP contribution is 2.24. The van der Waals surface area contributed by atoms with Gasteiger partial charge < -0.3 is 10.1 Å². The molecule has 1 N–H and O–H groups in total. The molecule has 0 aromatic heterocycles. The Hall–Kier alpha value is -2.80. The second-order valence-corrected chi connectivity index (χ2v) is 5.61. The van der Waals surface area contributed by atoms with E-state index in [2.05, 4.69) is 17.5 Å². The second kappa shape index (κ2) is 6.97. The highest BCUT2D eigenvalue weighted by molar-refractivity contribution is 5.95. The highest BCUT2D eigenvalue weighted by atomic mass is 16.5. The number of para-hydroxylation sites is 1. The number of aryl methyl sites for hydroxylation is 2. The molecule has 0 aliphatic heterocycles. The predicted octanol–water partition coefficient (Wildman–Crippen LogP) is 3.89. The molecule has 0 saturated heterocycles. The number of nitrogens with one attached hydrogen (secondary N) is 1. The third kappa shape index (κ3) is 3.89. The number of nitriles is 1. The topological polar surface area (TPSA) is 62.1 Å². The minimum absolute atomic E-state index is 0.286. The summed E-state index contributed by atoms with van der Waals surface area (Å²) in [5, 5.41) is 11.8. The van der Waals surface area contributed by atoms with Gasteiger partial charge in [0.05, 0.1) is 11.3 Å². The van der Waals surface area contributed by atoms with Crippen LogP contribution in [0.2, 0.25) is 0 Å².